The van der Waals surface area contributed by atoms with Crippen molar-refractivity contribution in [1.82, 2.24) is 9.97 Å². The maximum Gasteiger partial charge on any atom is 0.432 e. The first-order valence-electron chi connectivity index (χ1n) is 8.19. The van der Waals surface area contributed by atoms with Gasteiger partial charge in [-0.05, 0) is 25.0 Å². The smallest absolute Gasteiger partial charge is 0.371 e. The molecule has 1 aromatic carbocycles. The molecular weight excluding hydrogens is 394 g/mol. The van der Waals surface area contributed by atoms with Crippen molar-refractivity contribution in [1.29, 1.82) is 0 Å². The van der Waals surface area contributed by atoms with Gasteiger partial charge in [0.15, 0.2) is 0 Å². The van der Waals surface area contributed by atoms with Crippen LogP contribution in [0.5, 0.6) is 0 Å². The SMILES string of the molecule is O=[N+]([O-])c1ccc(N2CCC(c3ncc(C(F)(F)F)[nH]3)CC2)cc1C(F)(F)F. The zero-order valence-electron chi connectivity index (χ0n) is 14.1. The van der Waals surface area contributed by atoms with Crippen molar-refractivity contribution in [2.75, 3.05) is 18.0 Å². The maximum atomic E-state index is 13.1. The highest BCUT2D eigenvalue weighted by Gasteiger charge is 2.39. The van der Waals surface area contributed by atoms with Crippen LogP contribution < -0.4 is 4.90 Å². The van der Waals surface area contributed by atoms with E-state index in [2.05, 4.69) is 9.97 Å². The normalized spacial score (nSPS) is 16.4. The second-order valence-corrected chi connectivity index (χ2v) is 6.40. The van der Waals surface area contributed by atoms with E-state index in [0.29, 0.717) is 19.0 Å². The highest BCUT2D eigenvalue weighted by Crippen LogP contribution is 2.39. The first-order chi connectivity index (χ1) is 13.0. The minimum Gasteiger partial charge on any atom is -0.371 e. The quantitative estimate of drug-likeness (QED) is 0.452. The van der Waals surface area contributed by atoms with E-state index >= 15 is 0 Å². The molecule has 0 atom stereocenters. The molecule has 0 saturated carbocycles. The Balaban J connectivity index is 1.75. The summed E-state index contributed by atoms with van der Waals surface area (Å²) >= 11 is 0. The number of anilines is 1. The molecule has 12 heteroatoms. The van der Waals surface area contributed by atoms with Gasteiger partial charge < -0.3 is 9.88 Å². The van der Waals surface area contributed by atoms with Crippen molar-refractivity contribution >= 4 is 11.4 Å². The number of benzene rings is 1. The molecule has 0 bridgehead atoms. The highest BCUT2D eigenvalue weighted by molar-refractivity contribution is 5.57. The Labute approximate surface area is 154 Å². The van der Waals surface area contributed by atoms with Gasteiger partial charge in [-0.3, -0.25) is 10.1 Å². The average molecular weight is 408 g/mol. The number of halogens is 6. The summed E-state index contributed by atoms with van der Waals surface area (Å²) in [4.78, 5) is 17.4. The fourth-order valence-corrected chi connectivity index (χ4v) is 3.21. The fourth-order valence-electron chi connectivity index (χ4n) is 3.21. The zero-order chi connectivity index (χ0) is 20.7. The minimum absolute atomic E-state index is 0.173. The topological polar surface area (TPSA) is 75.1 Å². The summed E-state index contributed by atoms with van der Waals surface area (Å²) in [6, 6.07) is 2.78. The van der Waals surface area contributed by atoms with Crippen molar-refractivity contribution in [3.8, 4) is 0 Å². The molecule has 2 heterocycles. The number of alkyl halides is 6. The van der Waals surface area contributed by atoms with E-state index < -0.39 is 34.2 Å². The zero-order valence-corrected chi connectivity index (χ0v) is 14.1. The standard InChI is InChI=1S/C16H14F6N4O2/c17-15(18,19)11-7-10(1-2-12(11)26(27)28)25-5-3-9(4-6-25)14-23-8-13(24-14)16(20,21)22/h1-2,7-9H,3-6H2,(H,23,24). The molecule has 1 fully saturated rings. The number of nitro groups is 1. The van der Waals surface area contributed by atoms with Gasteiger partial charge in [-0.25, -0.2) is 4.98 Å². The van der Waals surface area contributed by atoms with Crippen LogP contribution in [-0.2, 0) is 12.4 Å². The maximum absolute atomic E-state index is 13.1. The molecule has 1 aliphatic rings. The third kappa shape index (κ3) is 4.04. The van der Waals surface area contributed by atoms with E-state index in [4.69, 9.17) is 0 Å². The van der Waals surface area contributed by atoms with E-state index in [1.165, 1.54) is 6.07 Å². The van der Waals surface area contributed by atoms with Gasteiger partial charge in [0, 0.05) is 30.8 Å². The Kier molecular flexibility index (Phi) is 4.98. The molecule has 0 radical (unpaired) electrons. The minimum atomic E-state index is -4.88. The van der Waals surface area contributed by atoms with Gasteiger partial charge in [0.2, 0.25) is 0 Å². The molecular formula is C16H14F6N4O2. The molecule has 6 nitrogen and oxygen atoms in total. The number of nitro benzene ring substituents is 1. The monoisotopic (exact) mass is 408 g/mol. The average Bonchev–Trinajstić information content (AvgIpc) is 3.11. The van der Waals surface area contributed by atoms with Crippen LogP contribution in [0.1, 0.15) is 35.8 Å². The first-order valence-corrected chi connectivity index (χ1v) is 8.19. The predicted octanol–water partition coefficient (Wildman–Crippen LogP) is 4.74. The van der Waals surface area contributed by atoms with Gasteiger partial charge in [-0.1, -0.05) is 0 Å². The largest absolute Gasteiger partial charge is 0.432 e. The van der Waals surface area contributed by atoms with Crippen LogP contribution in [0.2, 0.25) is 0 Å². The van der Waals surface area contributed by atoms with Gasteiger partial charge in [0.05, 0.1) is 11.1 Å². The lowest BCUT2D eigenvalue weighted by Gasteiger charge is -2.33. The Morgan fingerprint density at radius 1 is 1.11 bits per heavy atom. The number of nitrogens with zero attached hydrogens (tertiary/aromatic N) is 3. The van der Waals surface area contributed by atoms with Crippen molar-refractivity contribution in [3.05, 3.63) is 51.6 Å². The van der Waals surface area contributed by atoms with Gasteiger partial charge >= 0.3 is 12.4 Å². The third-order valence-corrected chi connectivity index (χ3v) is 4.63. The highest BCUT2D eigenvalue weighted by atomic mass is 19.4. The van der Waals surface area contributed by atoms with Crippen LogP contribution in [-0.4, -0.2) is 28.0 Å². The lowest BCUT2D eigenvalue weighted by molar-refractivity contribution is -0.388. The molecule has 1 N–H and O–H groups in total. The number of hydrogen-bond donors (Lipinski definition) is 1. The molecule has 0 amide bonds. The fraction of sp³-hybridized carbons (Fsp3) is 0.438. The van der Waals surface area contributed by atoms with Gasteiger partial charge in [0.1, 0.15) is 17.1 Å². The molecule has 3 rings (SSSR count). The van der Waals surface area contributed by atoms with Crippen LogP contribution >= 0.6 is 0 Å². The molecule has 152 valence electrons. The van der Waals surface area contributed by atoms with Crippen molar-refractivity contribution in [2.24, 2.45) is 0 Å². The summed E-state index contributed by atoms with van der Waals surface area (Å²) in [5, 5.41) is 10.8. The van der Waals surface area contributed by atoms with Gasteiger partial charge in [-0.15, -0.1) is 0 Å². The summed E-state index contributed by atoms with van der Waals surface area (Å²) < 4.78 is 77.3. The summed E-state index contributed by atoms with van der Waals surface area (Å²) in [7, 11) is 0. The molecule has 1 aromatic heterocycles. The molecule has 0 spiro atoms. The Hall–Kier alpha value is -2.79. The number of aromatic nitrogens is 2. The Morgan fingerprint density at radius 2 is 1.75 bits per heavy atom. The third-order valence-electron chi connectivity index (χ3n) is 4.63. The van der Waals surface area contributed by atoms with Crippen LogP contribution in [0.25, 0.3) is 0 Å². The van der Waals surface area contributed by atoms with Crippen LogP contribution in [0.4, 0.5) is 37.7 Å². The number of rotatable bonds is 3. The summed E-state index contributed by atoms with van der Waals surface area (Å²) in [6.45, 7) is 0.559. The van der Waals surface area contributed by atoms with E-state index in [9.17, 15) is 36.5 Å². The lowest BCUT2D eigenvalue weighted by atomic mass is 9.95. The van der Waals surface area contributed by atoms with Crippen molar-refractivity contribution in [2.45, 2.75) is 31.1 Å². The van der Waals surface area contributed by atoms with Crippen LogP contribution in [0.3, 0.4) is 0 Å². The van der Waals surface area contributed by atoms with Gasteiger partial charge in [-0.2, -0.15) is 26.3 Å². The number of aromatic amines is 1. The number of H-pyrrole nitrogens is 1. The first kappa shape index (κ1) is 20.0. The number of hydrogen-bond acceptors (Lipinski definition) is 4. The number of imidazole rings is 1. The molecule has 0 unspecified atom stereocenters. The number of piperidine rings is 1. The second kappa shape index (κ2) is 6.99. The van der Waals surface area contributed by atoms with E-state index in [1.54, 1.807) is 4.90 Å². The molecule has 28 heavy (non-hydrogen) atoms. The van der Waals surface area contributed by atoms with Crippen molar-refractivity contribution in [3.63, 3.8) is 0 Å². The number of nitrogens with one attached hydrogen (secondary N) is 1. The molecule has 0 aliphatic carbocycles. The van der Waals surface area contributed by atoms with Crippen LogP contribution in [0.15, 0.2) is 24.4 Å². The van der Waals surface area contributed by atoms with Crippen molar-refractivity contribution < 1.29 is 31.3 Å². The van der Waals surface area contributed by atoms with Gasteiger partial charge in [0.25, 0.3) is 5.69 Å². The lowest BCUT2D eigenvalue weighted by Crippen LogP contribution is -2.33. The van der Waals surface area contributed by atoms with E-state index in [-0.39, 0.29) is 30.5 Å². The summed E-state index contributed by atoms with van der Waals surface area (Å²) in [5.74, 6) is -0.0980. The summed E-state index contributed by atoms with van der Waals surface area (Å²) in [6.07, 6.45) is -7.93. The van der Waals surface area contributed by atoms with Crippen LogP contribution in [0, 0.1) is 10.1 Å². The molecule has 1 aliphatic heterocycles. The molecule has 2 aromatic rings. The van der Waals surface area contributed by atoms with E-state index in [0.717, 1.165) is 12.1 Å². The predicted molar refractivity (Wildman–Crippen MR) is 85.9 cm³/mol. The Bertz CT molecular complexity index is 869. The molecule has 1 saturated heterocycles. The van der Waals surface area contributed by atoms with E-state index in [1.807, 2.05) is 0 Å². The summed E-state index contributed by atoms with van der Waals surface area (Å²) in [5.41, 5.74) is -3.14. The second-order valence-electron chi connectivity index (χ2n) is 6.40. The Morgan fingerprint density at radius 3 is 2.25 bits per heavy atom.